The molecule has 1 amide bonds. The van der Waals surface area contributed by atoms with Crippen molar-refractivity contribution in [2.45, 2.75) is 32.4 Å². The van der Waals surface area contributed by atoms with Crippen LogP contribution in [0.25, 0.3) is 0 Å². The zero-order valence-corrected chi connectivity index (χ0v) is 15.2. The van der Waals surface area contributed by atoms with E-state index in [0.29, 0.717) is 0 Å². The summed E-state index contributed by atoms with van der Waals surface area (Å²) >= 11 is 0. The number of nitro benzene ring substituents is 1. The number of amides is 1. The quantitative estimate of drug-likeness (QED) is 0.256. The summed E-state index contributed by atoms with van der Waals surface area (Å²) in [5.74, 6) is -0.857. The second kappa shape index (κ2) is 9.36. The van der Waals surface area contributed by atoms with Gasteiger partial charge in [-0.15, -0.1) is 0 Å². The topological polar surface area (TPSA) is 143 Å². The van der Waals surface area contributed by atoms with Crippen molar-refractivity contribution in [3.8, 4) is 5.75 Å². The molecule has 1 rings (SSSR count). The normalized spacial score (nSPS) is 11.7. The van der Waals surface area contributed by atoms with Gasteiger partial charge >= 0.3 is 18.2 Å². The van der Waals surface area contributed by atoms with Gasteiger partial charge in [0.1, 0.15) is 18.0 Å². The number of alkyl carbamates (subject to hydrolysis) is 1. The van der Waals surface area contributed by atoms with Gasteiger partial charge < -0.3 is 24.3 Å². The fraction of sp³-hybridized carbons (Fsp3) is 0.438. The van der Waals surface area contributed by atoms with Gasteiger partial charge in [-0.3, -0.25) is 10.1 Å². The highest BCUT2D eigenvalue weighted by molar-refractivity contribution is 5.81. The molecule has 27 heavy (non-hydrogen) atoms. The monoisotopic (exact) mass is 384 g/mol. The predicted octanol–water partition coefficient (Wildman–Crippen LogP) is 2.18. The molecule has 1 aromatic rings. The Hall–Kier alpha value is -3.37. The van der Waals surface area contributed by atoms with E-state index in [-0.39, 0.29) is 11.4 Å². The Kier molecular flexibility index (Phi) is 7.51. The number of non-ortho nitro benzene ring substituents is 1. The first kappa shape index (κ1) is 21.7. The van der Waals surface area contributed by atoms with Crippen LogP contribution in [0.15, 0.2) is 24.3 Å². The van der Waals surface area contributed by atoms with Crippen molar-refractivity contribution in [2.24, 2.45) is 0 Å². The third-order valence-electron chi connectivity index (χ3n) is 2.79. The summed E-state index contributed by atoms with van der Waals surface area (Å²) in [5.41, 5.74) is -0.969. The van der Waals surface area contributed by atoms with Crippen LogP contribution >= 0.6 is 0 Å². The third kappa shape index (κ3) is 8.03. The van der Waals surface area contributed by atoms with Crippen LogP contribution in [0, 0.1) is 10.1 Å². The number of methoxy groups -OCH3 is 1. The van der Waals surface area contributed by atoms with E-state index in [9.17, 15) is 24.5 Å². The van der Waals surface area contributed by atoms with E-state index in [0.717, 1.165) is 19.2 Å². The maximum Gasteiger partial charge on any atom is 0.513 e. The molecule has 0 saturated heterocycles. The van der Waals surface area contributed by atoms with Crippen molar-refractivity contribution in [3.63, 3.8) is 0 Å². The Morgan fingerprint density at radius 1 is 1.19 bits per heavy atom. The van der Waals surface area contributed by atoms with Crippen molar-refractivity contribution in [2.75, 3.05) is 13.7 Å². The highest BCUT2D eigenvalue weighted by atomic mass is 16.7. The van der Waals surface area contributed by atoms with Gasteiger partial charge in [0.25, 0.3) is 5.69 Å². The Balaban J connectivity index is 2.61. The molecule has 0 radical (unpaired) electrons. The minimum absolute atomic E-state index is 0.000296. The Bertz CT molecular complexity index is 695. The molecule has 1 atom stereocenters. The van der Waals surface area contributed by atoms with Crippen LogP contribution < -0.4 is 10.1 Å². The molecule has 0 heterocycles. The summed E-state index contributed by atoms with van der Waals surface area (Å²) in [7, 11) is 1.10. The molecule has 0 spiro atoms. The average Bonchev–Trinajstić information content (AvgIpc) is 2.56. The van der Waals surface area contributed by atoms with Crippen molar-refractivity contribution in [1.29, 1.82) is 0 Å². The zero-order valence-electron chi connectivity index (χ0n) is 15.2. The highest BCUT2D eigenvalue weighted by Crippen LogP contribution is 2.17. The minimum atomic E-state index is -1.31. The number of carbonyl (C=O) groups excluding carboxylic acids is 3. The van der Waals surface area contributed by atoms with Gasteiger partial charge in [0.2, 0.25) is 0 Å². The van der Waals surface area contributed by atoms with E-state index in [2.05, 4.69) is 10.1 Å². The molecule has 148 valence electrons. The average molecular weight is 384 g/mol. The summed E-state index contributed by atoms with van der Waals surface area (Å²) in [6, 6.07) is 3.38. The molecule has 0 unspecified atom stereocenters. The first-order valence-electron chi connectivity index (χ1n) is 7.68. The first-order chi connectivity index (χ1) is 12.5. The third-order valence-corrected chi connectivity index (χ3v) is 2.79. The number of nitrogens with one attached hydrogen (secondary N) is 1. The largest absolute Gasteiger partial charge is 0.513 e. The second-order valence-corrected chi connectivity index (χ2v) is 6.14. The standard InChI is InChI=1S/C16H20N2O9/c1-16(2,3)27-14(20)17-12(13(19)24-4)9-25-15(21)26-11-7-5-10(6-8-11)18(22)23/h5-8,12H,9H2,1-4H3,(H,17,20)/t12-/m0/s1. The molecule has 0 aliphatic carbocycles. The molecular weight excluding hydrogens is 364 g/mol. The Labute approximate surface area is 154 Å². The van der Waals surface area contributed by atoms with Crippen molar-refractivity contribution in [1.82, 2.24) is 5.32 Å². The predicted molar refractivity (Wildman–Crippen MR) is 90.2 cm³/mol. The number of esters is 1. The number of hydrogen-bond donors (Lipinski definition) is 1. The fourth-order valence-electron chi connectivity index (χ4n) is 1.67. The van der Waals surface area contributed by atoms with Crippen LogP contribution in [0.1, 0.15) is 20.8 Å². The number of rotatable bonds is 6. The second-order valence-electron chi connectivity index (χ2n) is 6.14. The number of nitro groups is 1. The lowest BCUT2D eigenvalue weighted by atomic mass is 10.2. The van der Waals surface area contributed by atoms with Crippen LogP contribution in [0.3, 0.4) is 0 Å². The van der Waals surface area contributed by atoms with Crippen molar-refractivity contribution in [3.05, 3.63) is 34.4 Å². The SMILES string of the molecule is COC(=O)[C@H](COC(=O)Oc1ccc([N+](=O)[O-])cc1)NC(=O)OC(C)(C)C. The molecule has 11 heteroatoms. The van der Waals surface area contributed by atoms with Gasteiger partial charge in [-0.05, 0) is 32.9 Å². The van der Waals surface area contributed by atoms with E-state index >= 15 is 0 Å². The molecule has 0 aromatic heterocycles. The van der Waals surface area contributed by atoms with E-state index < -0.39 is 41.4 Å². The summed E-state index contributed by atoms with van der Waals surface area (Å²) in [6.07, 6.45) is -2.08. The number of carbonyl (C=O) groups is 3. The van der Waals surface area contributed by atoms with E-state index in [1.165, 1.54) is 12.1 Å². The maximum atomic E-state index is 11.7. The van der Waals surface area contributed by atoms with E-state index in [1.54, 1.807) is 20.8 Å². The van der Waals surface area contributed by atoms with Gasteiger partial charge in [-0.2, -0.15) is 0 Å². The minimum Gasteiger partial charge on any atom is -0.467 e. The molecule has 0 aliphatic heterocycles. The molecule has 11 nitrogen and oxygen atoms in total. The van der Waals surface area contributed by atoms with Crippen molar-refractivity contribution < 1.29 is 38.3 Å². The summed E-state index contributed by atoms with van der Waals surface area (Å²) in [6.45, 7) is 4.34. The lowest BCUT2D eigenvalue weighted by Crippen LogP contribution is -2.47. The Morgan fingerprint density at radius 2 is 1.78 bits per heavy atom. The van der Waals surface area contributed by atoms with Crippen LogP contribution in [0.2, 0.25) is 0 Å². The van der Waals surface area contributed by atoms with E-state index in [1.807, 2.05) is 0 Å². The Morgan fingerprint density at radius 3 is 2.26 bits per heavy atom. The number of hydrogen-bond acceptors (Lipinski definition) is 9. The number of nitrogens with zero attached hydrogens (tertiary/aromatic N) is 1. The van der Waals surface area contributed by atoms with Crippen molar-refractivity contribution >= 4 is 23.9 Å². The summed E-state index contributed by atoms with van der Waals surface area (Å²) in [4.78, 5) is 45.1. The van der Waals surface area contributed by atoms with E-state index in [4.69, 9.17) is 14.2 Å². The summed E-state index contributed by atoms with van der Waals surface area (Å²) < 4.78 is 19.1. The summed E-state index contributed by atoms with van der Waals surface area (Å²) in [5, 5.41) is 12.8. The van der Waals surface area contributed by atoms with Gasteiger partial charge in [-0.25, -0.2) is 14.4 Å². The van der Waals surface area contributed by atoms with Crippen LogP contribution in [0.5, 0.6) is 5.75 Å². The van der Waals surface area contributed by atoms with Gasteiger partial charge in [0, 0.05) is 12.1 Å². The van der Waals surface area contributed by atoms with Crippen LogP contribution in [0.4, 0.5) is 15.3 Å². The molecular formula is C16H20N2O9. The number of ether oxygens (including phenoxy) is 4. The molecule has 0 fully saturated rings. The molecule has 1 N–H and O–H groups in total. The lowest BCUT2D eigenvalue weighted by Gasteiger charge is -2.22. The smallest absolute Gasteiger partial charge is 0.467 e. The molecule has 0 bridgehead atoms. The maximum absolute atomic E-state index is 11.7. The van der Waals surface area contributed by atoms with Crippen LogP contribution in [-0.2, 0) is 19.0 Å². The molecule has 0 aliphatic rings. The van der Waals surface area contributed by atoms with Crippen LogP contribution in [-0.4, -0.2) is 48.5 Å². The van der Waals surface area contributed by atoms with Gasteiger partial charge in [0.05, 0.1) is 12.0 Å². The molecule has 1 aromatic carbocycles. The molecule has 0 saturated carbocycles. The zero-order chi connectivity index (χ0) is 20.6. The lowest BCUT2D eigenvalue weighted by molar-refractivity contribution is -0.384. The fourth-order valence-corrected chi connectivity index (χ4v) is 1.67. The first-order valence-corrected chi connectivity index (χ1v) is 7.68. The number of benzene rings is 1. The van der Waals surface area contributed by atoms with Gasteiger partial charge in [0.15, 0.2) is 6.04 Å². The van der Waals surface area contributed by atoms with Gasteiger partial charge in [-0.1, -0.05) is 0 Å². The highest BCUT2D eigenvalue weighted by Gasteiger charge is 2.26.